The van der Waals surface area contributed by atoms with Crippen LogP contribution in [0.4, 0.5) is 0 Å². The maximum absolute atomic E-state index is 13.4. The Labute approximate surface area is 177 Å². The van der Waals surface area contributed by atoms with Crippen LogP contribution in [0.1, 0.15) is 37.5 Å². The SMILES string of the molecule is O=C1c2cccc(Cl)c2[C@](c2ccccc2)(c2cccs2)c2cccc(Cl)c21. The Bertz CT molecular complexity index is 1200. The van der Waals surface area contributed by atoms with E-state index in [-0.39, 0.29) is 5.78 Å². The lowest BCUT2D eigenvalue weighted by atomic mass is 9.62. The Morgan fingerprint density at radius 2 is 1.50 bits per heavy atom. The van der Waals surface area contributed by atoms with Crippen LogP contribution in [0.25, 0.3) is 0 Å². The maximum atomic E-state index is 13.4. The van der Waals surface area contributed by atoms with Gasteiger partial charge in [0.25, 0.3) is 0 Å². The summed E-state index contributed by atoms with van der Waals surface area (Å²) in [5.41, 5.74) is 3.21. The van der Waals surface area contributed by atoms with E-state index in [1.165, 1.54) is 0 Å². The van der Waals surface area contributed by atoms with E-state index in [1.54, 1.807) is 17.4 Å². The van der Waals surface area contributed by atoms with Crippen molar-refractivity contribution in [2.45, 2.75) is 5.41 Å². The lowest BCUT2D eigenvalue weighted by molar-refractivity contribution is 0.103. The minimum atomic E-state index is -0.697. The molecule has 28 heavy (non-hydrogen) atoms. The fourth-order valence-corrected chi connectivity index (χ4v) is 5.85. The van der Waals surface area contributed by atoms with Crippen molar-refractivity contribution in [3.05, 3.63) is 127 Å². The highest BCUT2D eigenvalue weighted by molar-refractivity contribution is 7.10. The van der Waals surface area contributed by atoms with Crippen molar-refractivity contribution in [3.63, 3.8) is 0 Å². The van der Waals surface area contributed by atoms with E-state index in [0.29, 0.717) is 21.2 Å². The number of hydrogen-bond acceptors (Lipinski definition) is 2. The standard InChI is InChI=1S/C24H14Cl2OS/c25-18-11-5-10-17-21(18)23(27)16-9-4-12-19(26)22(16)24(17,20-13-6-14-28-20)15-7-2-1-3-8-15/h1-14H/t24-/m0/s1. The lowest BCUT2D eigenvalue weighted by Crippen LogP contribution is -2.38. The summed E-state index contributed by atoms with van der Waals surface area (Å²) in [5, 5.41) is 3.09. The van der Waals surface area contributed by atoms with Crippen LogP contribution in [-0.4, -0.2) is 5.78 Å². The molecule has 1 aliphatic carbocycles. The number of ketones is 1. The molecule has 4 heteroatoms. The molecule has 0 spiro atoms. The first kappa shape index (κ1) is 17.7. The number of benzene rings is 3. The fourth-order valence-electron chi connectivity index (χ4n) is 4.31. The molecule has 1 aliphatic rings. The third kappa shape index (κ3) is 2.29. The molecular weight excluding hydrogens is 407 g/mol. The van der Waals surface area contributed by atoms with E-state index >= 15 is 0 Å². The van der Waals surface area contributed by atoms with Gasteiger partial charge < -0.3 is 0 Å². The molecule has 5 rings (SSSR count). The minimum absolute atomic E-state index is 0.0822. The predicted molar refractivity (Wildman–Crippen MR) is 116 cm³/mol. The number of halogens is 2. The molecule has 1 nitrogen and oxygen atoms in total. The average Bonchev–Trinajstić information content (AvgIpc) is 3.25. The van der Waals surface area contributed by atoms with E-state index in [2.05, 4.69) is 23.6 Å². The summed E-state index contributed by atoms with van der Waals surface area (Å²) in [6.45, 7) is 0. The monoisotopic (exact) mass is 420 g/mol. The van der Waals surface area contributed by atoms with E-state index in [1.807, 2.05) is 54.6 Å². The Hall–Kier alpha value is -2.39. The van der Waals surface area contributed by atoms with E-state index in [4.69, 9.17) is 23.2 Å². The van der Waals surface area contributed by atoms with Crippen LogP contribution < -0.4 is 0 Å². The molecule has 0 fully saturated rings. The highest BCUT2D eigenvalue weighted by atomic mass is 35.5. The Morgan fingerprint density at radius 1 is 0.750 bits per heavy atom. The van der Waals surface area contributed by atoms with Gasteiger partial charge in [-0.1, -0.05) is 83.9 Å². The molecule has 0 saturated heterocycles. The number of carbonyl (C=O) groups excluding carboxylic acids is 1. The van der Waals surface area contributed by atoms with Gasteiger partial charge >= 0.3 is 0 Å². The first-order chi connectivity index (χ1) is 13.7. The van der Waals surface area contributed by atoms with Crippen LogP contribution in [0.3, 0.4) is 0 Å². The summed E-state index contributed by atoms with van der Waals surface area (Å²) in [5.74, 6) is -0.0822. The Morgan fingerprint density at radius 3 is 2.25 bits per heavy atom. The number of thiophene rings is 1. The third-order valence-corrected chi connectivity index (χ3v) is 6.99. The Kier molecular flexibility index (Phi) is 4.17. The van der Waals surface area contributed by atoms with Gasteiger partial charge in [0.15, 0.2) is 5.78 Å². The third-order valence-electron chi connectivity index (χ3n) is 5.38. The van der Waals surface area contributed by atoms with Gasteiger partial charge in [0.2, 0.25) is 0 Å². The van der Waals surface area contributed by atoms with Crippen LogP contribution in [0.5, 0.6) is 0 Å². The largest absolute Gasteiger partial charge is 0.289 e. The van der Waals surface area contributed by atoms with Crippen LogP contribution in [0.2, 0.25) is 10.0 Å². The summed E-state index contributed by atoms with van der Waals surface area (Å²) in [6, 6.07) is 25.5. The summed E-state index contributed by atoms with van der Waals surface area (Å²) in [4.78, 5) is 14.5. The van der Waals surface area contributed by atoms with Crippen LogP contribution in [-0.2, 0) is 5.41 Å². The first-order valence-corrected chi connectivity index (χ1v) is 10.5. The van der Waals surface area contributed by atoms with Crippen molar-refractivity contribution >= 4 is 40.3 Å². The zero-order valence-electron chi connectivity index (χ0n) is 14.7. The molecule has 0 N–H and O–H groups in total. The molecule has 0 aliphatic heterocycles. The zero-order valence-corrected chi connectivity index (χ0v) is 17.0. The van der Waals surface area contributed by atoms with Crippen molar-refractivity contribution in [2.75, 3.05) is 0 Å². The summed E-state index contributed by atoms with van der Waals surface area (Å²) < 4.78 is 0. The summed E-state index contributed by atoms with van der Waals surface area (Å²) >= 11 is 15.0. The second-order valence-corrected chi connectivity index (χ2v) is 8.51. The van der Waals surface area contributed by atoms with E-state index in [0.717, 1.165) is 21.6 Å². The van der Waals surface area contributed by atoms with Gasteiger partial charge in [-0.25, -0.2) is 0 Å². The molecule has 4 aromatic rings. The van der Waals surface area contributed by atoms with Crippen molar-refractivity contribution in [3.8, 4) is 0 Å². The predicted octanol–water partition coefficient (Wildman–Crippen LogP) is 6.98. The smallest absolute Gasteiger partial charge is 0.195 e. The van der Waals surface area contributed by atoms with Gasteiger partial charge in [0.1, 0.15) is 0 Å². The molecular formula is C24H14Cl2OS. The van der Waals surface area contributed by atoms with Crippen molar-refractivity contribution in [1.82, 2.24) is 0 Å². The fraction of sp³-hybridized carbons (Fsp3) is 0.0417. The molecule has 1 atom stereocenters. The first-order valence-electron chi connectivity index (χ1n) is 8.88. The van der Waals surface area contributed by atoms with E-state index < -0.39 is 5.41 Å². The quantitative estimate of drug-likeness (QED) is 0.300. The lowest BCUT2D eigenvalue weighted by Gasteiger charge is -2.41. The van der Waals surface area contributed by atoms with Crippen LogP contribution in [0, 0.1) is 0 Å². The molecule has 0 saturated carbocycles. The van der Waals surface area contributed by atoms with Crippen molar-refractivity contribution in [1.29, 1.82) is 0 Å². The molecule has 1 heterocycles. The summed E-state index contributed by atoms with van der Waals surface area (Å²) in [6.07, 6.45) is 0. The zero-order chi connectivity index (χ0) is 19.3. The highest BCUT2D eigenvalue weighted by Crippen LogP contribution is 2.54. The van der Waals surface area contributed by atoms with Crippen LogP contribution >= 0.6 is 34.5 Å². The average molecular weight is 421 g/mol. The molecule has 0 unspecified atom stereocenters. The van der Waals surface area contributed by atoms with Gasteiger partial charge in [-0.3, -0.25) is 4.79 Å². The summed E-state index contributed by atoms with van der Waals surface area (Å²) in [7, 11) is 0. The molecule has 0 radical (unpaired) electrons. The number of rotatable bonds is 2. The van der Waals surface area contributed by atoms with E-state index in [9.17, 15) is 4.79 Å². The topological polar surface area (TPSA) is 17.1 Å². The van der Waals surface area contributed by atoms with Crippen LogP contribution in [0.15, 0.2) is 84.2 Å². The number of hydrogen-bond donors (Lipinski definition) is 0. The van der Waals surface area contributed by atoms with Gasteiger partial charge in [0.05, 0.1) is 10.4 Å². The van der Waals surface area contributed by atoms with Crippen molar-refractivity contribution < 1.29 is 4.79 Å². The number of fused-ring (bicyclic) bond motifs is 2. The second kappa shape index (κ2) is 6.59. The Balaban J connectivity index is 2.05. The number of carbonyl (C=O) groups is 1. The molecule has 0 amide bonds. The second-order valence-electron chi connectivity index (χ2n) is 6.75. The highest BCUT2D eigenvalue weighted by Gasteiger charge is 2.48. The van der Waals surface area contributed by atoms with Crippen molar-refractivity contribution in [2.24, 2.45) is 0 Å². The maximum Gasteiger partial charge on any atom is 0.195 e. The van der Waals surface area contributed by atoms with Gasteiger partial charge in [0, 0.05) is 26.6 Å². The molecule has 1 aromatic heterocycles. The van der Waals surface area contributed by atoms with Gasteiger partial charge in [-0.15, -0.1) is 11.3 Å². The van der Waals surface area contributed by atoms with Gasteiger partial charge in [-0.05, 0) is 34.7 Å². The normalized spacial score (nSPS) is 17.9. The molecule has 136 valence electrons. The molecule has 0 bridgehead atoms. The minimum Gasteiger partial charge on any atom is -0.289 e. The van der Waals surface area contributed by atoms with Gasteiger partial charge in [-0.2, -0.15) is 0 Å². The molecule has 3 aromatic carbocycles.